The Hall–Kier alpha value is -2.15. The van der Waals surface area contributed by atoms with Crippen molar-refractivity contribution in [1.29, 1.82) is 0 Å². The molecule has 130 valence electrons. The lowest BCUT2D eigenvalue weighted by Crippen LogP contribution is -2.28. The minimum atomic E-state index is -3.23. The van der Waals surface area contributed by atoms with Crippen molar-refractivity contribution in [2.24, 2.45) is 0 Å². The van der Waals surface area contributed by atoms with Gasteiger partial charge in [-0.1, -0.05) is 38.1 Å². The van der Waals surface area contributed by atoms with Crippen LogP contribution in [-0.2, 0) is 9.84 Å². The van der Waals surface area contributed by atoms with Crippen molar-refractivity contribution in [1.82, 2.24) is 10.5 Å². The van der Waals surface area contributed by atoms with E-state index in [0.717, 1.165) is 11.8 Å². The van der Waals surface area contributed by atoms with Crippen molar-refractivity contribution in [3.8, 4) is 0 Å². The summed E-state index contributed by atoms with van der Waals surface area (Å²) in [7, 11) is -3.23. The minimum Gasteiger partial charge on any atom is -0.360 e. The number of carbonyl (C=O) groups is 1. The van der Waals surface area contributed by atoms with Gasteiger partial charge < -0.3 is 9.84 Å². The van der Waals surface area contributed by atoms with Gasteiger partial charge in [0.25, 0.3) is 5.91 Å². The molecule has 0 aliphatic carbocycles. The van der Waals surface area contributed by atoms with Gasteiger partial charge in [-0.25, -0.2) is 8.42 Å². The highest BCUT2D eigenvalue weighted by Gasteiger charge is 2.19. The lowest BCUT2D eigenvalue weighted by molar-refractivity contribution is 0.0926. The summed E-state index contributed by atoms with van der Waals surface area (Å²) in [5.74, 6) is 0.500. The van der Waals surface area contributed by atoms with E-state index in [4.69, 9.17) is 4.52 Å². The predicted molar refractivity (Wildman–Crippen MR) is 90.6 cm³/mol. The van der Waals surface area contributed by atoms with E-state index in [9.17, 15) is 13.2 Å². The van der Waals surface area contributed by atoms with E-state index in [2.05, 4.69) is 10.5 Å². The maximum absolute atomic E-state index is 12.3. The van der Waals surface area contributed by atoms with Gasteiger partial charge in [0.15, 0.2) is 15.5 Å². The standard InChI is InChI=1S/C17H22N2O4S/c1-5-14(12-6-8-13(9-7-12)24(4,21)22)18-17(20)15-10-16(11(2)3)23-19-15/h6-11,14H,5H2,1-4H3,(H,18,20)/t14-/m1/s1. The summed E-state index contributed by atoms with van der Waals surface area (Å²) < 4.78 is 28.2. The van der Waals surface area contributed by atoms with Crippen LogP contribution in [0.15, 0.2) is 39.8 Å². The quantitative estimate of drug-likeness (QED) is 0.865. The molecule has 6 nitrogen and oxygen atoms in total. The summed E-state index contributed by atoms with van der Waals surface area (Å²) in [5.41, 5.74) is 1.08. The Morgan fingerprint density at radius 2 is 1.88 bits per heavy atom. The van der Waals surface area contributed by atoms with Crippen LogP contribution in [0.2, 0.25) is 0 Å². The number of aromatic nitrogens is 1. The second kappa shape index (κ2) is 7.17. The molecule has 1 N–H and O–H groups in total. The van der Waals surface area contributed by atoms with E-state index in [1.54, 1.807) is 30.3 Å². The monoisotopic (exact) mass is 350 g/mol. The van der Waals surface area contributed by atoms with E-state index < -0.39 is 9.84 Å². The van der Waals surface area contributed by atoms with Gasteiger partial charge in [0.05, 0.1) is 10.9 Å². The Morgan fingerprint density at radius 3 is 2.33 bits per heavy atom. The number of nitrogens with one attached hydrogen (secondary N) is 1. The van der Waals surface area contributed by atoms with Crippen LogP contribution in [0.5, 0.6) is 0 Å². The summed E-state index contributed by atoms with van der Waals surface area (Å²) in [6.45, 7) is 5.86. The summed E-state index contributed by atoms with van der Waals surface area (Å²) in [5, 5.41) is 6.70. The predicted octanol–water partition coefficient (Wildman–Crippen LogP) is 3.08. The highest BCUT2D eigenvalue weighted by molar-refractivity contribution is 7.90. The Labute approximate surface area is 142 Å². The maximum atomic E-state index is 12.3. The second-order valence-electron chi connectivity index (χ2n) is 6.04. The summed E-state index contributed by atoms with van der Waals surface area (Å²) in [6, 6.07) is 7.93. The van der Waals surface area contributed by atoms with Gasteiger partial charge in [-0.3, -0.25) is 4.79 Å². The fourth-order valence-electron chi connectivity index (χ4n) is 2.27. The third-order valence-corrected chi connectivity index (χ3v) is 4.88. The zero-order chi connectivity index (χ0) is 17.9. The molecule has 1 aromatic heterocycles. The molecule has 0 spiro atoms. The average Bonchev–Trinajstić information content (AvgIpc) is 3.02. The smallest absolute Gasteiger partial charge is 0.273 e. The molecule has 1 heterocycles. The van der Waals surface area contributed by atoms with Crippen LogP contribution in [0.4, 0.5) is 0 Å². The normalized spacial score (nSPS) is 13.0. The third-order valence-electron chi connectivity index (χ3n) is 3.75. The molecule has 0 saturated heterocycles. The van der Waals surface area contributed by atoms with Gasteiger partial charge in [-0.2, -0.15) is 0 Å². The first-order chi connectivity index (χ1) is 11.2. The van der Waals surface area contributed by atoms with Crippen LogP contribution < -0.4 is 5.32 Å². The fourth-order valence-corrected chi connectivity index (χ4v) is 2.90. The van der Waals surface area contributed by atoms with Crippen molar-refractivity contribution in [2.45, 2.75) is 44.0 Å². The van der Waals surface area contributed by atoms with Crippen LogP contribution in [0, 0.1) is 0 Å². The third kappa shape index (κ3) is 4.23. The molecule has 7 heteroatoms. The van der Waals surface area contributed by atoms with Crippen LogP contribution in [0.25, 0.3) is 0 Å². The fraction of sp³-hybridized carbons (Fsp3) is 0.412. The SMILES string of the molecule is CC[C@@H](NC(=O)c1cc(C(C)C)on1)c1ccc(S(C)(=O)=O)cc1. The molecule has 1 aromatic carbocycles. The van der Waals surface area contributed by atoms with Gasteiger partial charge in [0.1, 0.15) is 5.76 Å². The van der Waals surface area contributed by atoms with Crippen LogP contribution in [0.1, 0.15) is 61.0 Å². The van der Waals surface area contributed by atoms with Gasteiger partial charge >= 0.3 is 0 Å². The first kappa shape index (κ1) is 18.2. The van der Waals surface area contributed by atoms with Crippen molar-refractivity contribution < 1.29 is 17.7 Å². The lowest BCUT2D eigenvalue weighted by atomic mass is 10.0. The van der Waals surface area contributed by atoms with Crippen molar-refractivity contribution in [2.75, 3.05) is 6.26 Å². The topological polar surface area (TPSA) is 89.3 Å². The molecule has 1 atom stereocenters. The van der Waals surface area contributed by atoms with Crippen LogP contribution in [0.3, 0.4) is 0 Å². The van der Waals surface area contributed by atoms with Crippen LogP contribution >= 0.6 is 0 Å². The molecule has 0 saturated carbocycles. The molecule has 0 aliphatic rings. The number of amides is 1. The van der Waals surface area contributed by atoms with E-state index in [-0.39, 0.29) is 28.5 Å². The van der Waals surface area contributed by atoms with Crippen molar-refractivity contribution >= 4 is 15.7 Å². The molecular formula is C17H22N2O4S. The largest absolute Gasteiger partial charge is 0.360 e. The molecule has 24 heavy (non-hydrogen) atoms. The number of hydrogen-bond acceptors (Lipinski definition) is 5. The molecule has 0 aliphatic heterocycles. The Bertz CT molecular complexity index is 807. The molecule has 1 amide bonds. The number of rotatable bonds is 6. The van der Waals surface area contributed by atoms with Crippen molar-refractivity contribution in [3.63, 3.8) is 0 Å². The Kier molecular flexibility index (Phi) is 5.43. The first-order valence-electron chi connectivity index (χ1n) is 7.79. The second-order valence-corrected chi connectivity index (χ2v) is 8.06. The number of carbonyl (C=O) groups excluding carboxylic acids is 1. The van der Waals surface area contributed by atoms with Gasteiger partial charge in [-0.05, 0) is 24.1 Å². The highest BCUT2D eigenvalue weighted by atomic mass is 32.2. The Balaban J connectivity index is 2.15. The Morgan fingerprint density at radius 1 is 1.25 bits per heavy atom. The summed E-state index contributed by atoms with van der Waals surface area (Å²) >= 11 is 0. The van der Waals surface area contributed by atoms with E-state index in [1.807, 2.05) is 20.8 Å². The van der Waals surface area contributed by atoms with E-state index in [1.165, 1.54) is 0 Å². The molecule has 2 rings (SSSR count). The molecule has 0 bridgehead atoms. The lowest BCUT2D eigenvalue weighted by Gasteiger charge is -2.17. The van der Waals surface area contributed by atoms with Crippen LogP contribution in [-0.4, -0.2) is 25.7 Å². The van der Waals surface area contributed by atoms with Gasteiger partial charge in [0, 0.05) is 18.2 Å². The minimum absolute atomic E-state index is 0.157. The number of benzene rings is 1. The average molecular weight is 350 g/mol. The molecule has 0 unspecified atom stereocenters. The molecule has 2 aromatic rings. The van der Waals surface area contributed by atoms with E-state index in [0.29, 0.717) is 12.2 Å². The maximum Gasteiger partial charge on any atom is 0.273 e. The zero-order valence-corrected chi connectivity index (χ0v) is 15.1. The first-order valence-corrected chi connectivity index (χ1v) is 9.69. The highest BCUT2D eigenvalue weighted by Crippen LogP contribution is 2.20. The molecule has 0 fully saturated rings. The van der Waals surface area contributed by atoms with Gasteiger partial charge in [-0.15, -0.1) is 0 Å². The summed E-state index contributed by atoms with van der Waals surface area (Å²) in [4.78, 5) is 12.6. The number of sulfone groups is 1. The summed E-state index contributed by atoms with van der Waals surface area (Å²) in [6.07, 6.45) is 1.83. The zero-order valence-electron chi connectivity index (χ0n) is 14.2. The van der Waals surface area contributed by atoms with E-state index >= 15 is 0 Å². The van der Waals surface area contributed by atoms with Gasteiger partial charge in [0.2, 0.25) is 0 Å². The molecule has 0 radical (unpaired) electrons. The van der Waals surface area contributed by atoms with Crippen molar-refractivity contribution in [3.05, 3.63) is 47.3 Å². The molecular weight excluding hydrogens is 328 g/mol. The number of nitrogens with zero attached hydrogens (tertiary/aromatic N) is 1. The number of hydrogen-bond donors (Lipinski definition) is 1.